The van der Waals surface area contributed by atoms with Crippen LogP contribution in [0.4, 0.5) is 18.9 Å². The number of nitrogens with zero attached hydrogens (tertiary/aromatic N) is 1. The largest absolute Gasteiger partial charge is 0.377 e. The van der Waals surface area contributed by atoms with Crippen molar-refractivity contribution in [2.45, 2.75) is 25.8 Å². The highest BCUT2D eigenvalue weighted by Gasteiger charge is 2.20. The molecular weight excluding hydrogens is 241 g/mol. The minimum absolute atomic E-state index is 0.0438. The first-order valence-electron chi connectivity index (χ1n) is 6.23. The number of halogens is 3. The number of nitrogens with one attached hydrogen (secondary N) is 1. The summed E-state index contributed by atoms with van der Waals surface area (Å²) in [7, 11) is 0. The van der Waals surface area contributed by atoms with Crippen molar-refractivity contribution in [3.63, 3.8) is 0 Å². The summed E-state index contributed by atoms with van der Waals surface area (Å²) in [4.78, 5) is 2.29. The summed E-state index contributed by atoms with van der Waals surface area (Å²) in [6, 6.07) is 1.45. The van der Waals surface area contributed by atoms with Gasteiger partial charge in [0.2, 0.25) is 0 Å². The first-order valence-corrected chi connectivity index (χ1v) is 6.23. The number of rotatable bonds is 3. The Morgan fingerprint density at radius 2 is 1.72 bits per heavy atom. The van der Waals surface area contributed by atoms with E-state index in [-0.39, 0.29) is 11.7 Å². The van der Waals surface area contributed by atoms with Gasteiger partial charge in [-0.25, -0.2) is 13.2 Å². The van der Waals surface area contributed by atoms with Gasteiger partial charge in [0.1, 0.15) is 11.5 Å². The third-order valence-electron chi connectivity index (χ3n) is 3.39. The van der Waals surface area contributed by atoms with Crippen LogP contribution in [-0.4, -0.2) is 30.6 Å². The molecule has 0 unspecified atom stereocenters. The zero-order valence-electron chi connectivity index (χ0n) is 10.3. The molecule has 1 N–H and O–H groups in total. The van der Waals surface area contributed by atoms with Gasteiger partial charge in [0.15, 0.2) is 11.6 Å². The average Bonchev–Trinajstić information content (AvgIpc) is 2.34. The fourth-order valence-electron chi connectivity index (χ4n) is 2.28. The van der Waals surface area contributed by atoms with Gasteiger partial charge < -0.3 is 10.2 Å². The van der Waals surface area contributed by atoms with Gasteiger partial charge in [-0.15, -0.1) is 0 Å². The lowest BCUT2D eigenvalue weighted by atomic mass is 10.0. The first-order chi connectivity index (χ1) is 8.60. The quantitative estimate of drug-likeness (QED) is 0.896. The van der Waals surface area contributed by atoms with Gasteiger partial charge in [0, 0.05) is 31.3 Å². The smallest absolute Gasteiger partial charge is 0.152 e. The summed E-state index contributed by atoms with van der Waals surface area (Å²) in [5, 5.41) is 2.85. The van der Waals surface area contributed by atoms with Crippen molar-refractivity contribution in [1.82, 2.24) is 4.90 Å². The Morgan fingerprint density at radius 3 is 2.22 bits per heavy atom. The van der Waals surface area contributed by atoms with Crippen LogP contribution in [0.2, 0.25) is 0 Å². The van der Waals surface area contributed by atoms with Crippen molar-refractivity contribution in [3.05, 3.63) is 29.6 Å². The molecule has 1 aliphatic heterocycles. The zero-order valence-corrected chi connectivity index (χ0v) is 10.3. The second kappa shape index (κ2) is 5.61. The molecule has 1 aromatic carbocycles. The van der Waals surface area contributed by atoms with Gasteiger partial charge in [-0.3, -0.25) is 0 Å². The molecule has 1 aliphatic rings. The molecule has 2 rings (SSSR count). The van der Waals surface area contributed by atoms with Crippen molar-refractivity contribution < 1.29 is 13.2 Å². The van der Waals surface area contributed by atoms with E-state index in [1.54, 1.807) is 0 Å². The maximum absolute atomic E-state index is 13.5. The van der Waals surface area contributed by atoms with Gasteiger partial charge in [0.25, 0.3) is 0 Å². The molecule has 0 aromatic heterocycles. The summed E-state index contributed by atoms with van der Waals surface area (Å²) in [6.45, 7) is 4.91. The summed E-state index contributed by atoms with van der Waals surface area (Å²) < 4.78 is 39.7. The predicted molar refractivity (Wildman–Crippen MR) is 65.1 cm³/mol. The molecule has 1 saturated heterocycles. The van der Waals surface area contributed by atoms with Crippen molar-refractivity contribution >= 4 is 5.69 Å². The maximum atomic E-state index is 13.5. The molecule has 100 valence electrons. The van der Waals surface area contributed by atoms with E-state index in [9.17, 15) is 13.2 Å². The normalized spacial score (nSPS) is 18.0. The molecule has 0 bridgehead atoms. The van der Waals surface area contributed by atoms with E-state index in [1.165, 1.54) is 0 Å². The molecular formula is C13H17F3N2. The van der Waals surface area contributed by atoms with Gasteiger partial charge in [-0.2, -0.15) is 0 Å². The summed E-state index contributed by atoms with van der Waals surface area (Å²) >= 11 is 0. The summed E-state index contributed by atoms with van der Waals surface area (Å²) in [5.41, 5.74) is -0.216. The van der Waals surface area contributed by atoms with E-state index in [0.717, 1.165) is 32.5 Å². The molecule has 0 atom stereocenters. The topological polar surface area (TPSA) is 15.3 Å². The average molecular weight is 258 g/mol. The number of likely N-dealkylation sites (tertiary alicyclic amines) is 1. The molecule has 0 amide bonds. The van der Waals surface area contributed by atoms with Gasteiger partial charge in [-0.05, 0) is 19.4 Å². The minimum Gasteiger partial charge on any atom is -0.377 e. The number of hydrogen-bond acceptors (Lipinski definition) is 2. The van der Waals surface area contributed by atoms with Gasteiger partial charge in [0.05, 0.1) is 0 Å². The Morgan fingerprint density at radius 1 is 1.17 bits per heavy atom. The Hall–Kier alpha value is -1.23. The molecule has 0 aliphatic carbocycles. The highest BCUT2D eigenvalue weighted by atomic mass is 19.1. The van der Waals surface area contributed by atoms with Crippen LogP contribution in [-0.2, 0) is 0 Å². The van der Waals surface area contributed by atoms with E-state index in [1.807, 2.05) is 0 Å². The Balaban J connectivity index is 2.02. The van der Waals surface area contributed by atoms with Crippen molar-refractivity contribution in [3.8, 4) is 0 Å². The van der Waals surface area contributed by atoms with Crippen molar-refractivity contribution in [2.75, 3.05) is 25.0 Å². The first kappa shape index (κ1) is 13.2. The van der Waals surface area contributed by atoms with E-state index in [2.05, 4.69) is 17.1 Å². The van der Waals surface area contributed by atoms with Crippen LogP contribution in [0.1, 0.15) is 19.8 Å². The molecule has 2 nitrogen and oxygen atoms in total. The predicted octanol–water partition coefficient (Wildman–Crippen LogP) is 3.00. The number of piperidine rings is 1. The maximum Gasteiger partial charge on any atom is 0.152 e. The number of anilines is 1. The van der Waals surface area contributed by atoms with Crippen LogP contribution in [0, 0.1) is 17.5 Å². The molecule has 18 heavy (non-hydrogen) atoms. The standard InChI is InChI=1S/C13H17F3N2/c1-2-18-5-3-10(4-6-18)17-13-11(15)7-9(14)8-12(13)16/h7-8,10,17H,2-6H2,1H3. The molecule has 1 aromatic rings. The van der Waals surface area contributed by atoms with E-state index >= 15 is 0 Å². The molecule has 0 spiro atoms. The highest BCUT2D eigenvalue weighted by Crippen LogP contribution is 2.23. The lowest BCUT2D eigenvalue weighted by Crippen LogP contribution is -2.39. The van der Waals surface area contributed by atoms with E-state index < -0.39 is 17.5 Å². The minimum atomic E-state index is -0.892. The molecule has 0 radical (unpaired) electrons. The zero-order chi connectivity index (χ0) is 13.1. The lowest BCUT2D eigenvalue weighted by molar-refractivity contribution is 0.229. The monoisotopic (exact) mass is 258 g/mol. The third-order valence-corrected chi connectivity index (χ3v) is 3.39. The fraction of sp³-hybridized carbons (Fsp3) is 0.538. The van der Waals surface area contributed by atoms with Crippen LogP contribution in [0.15, 0.2) is 12.1 Å². The van der Waals surface area contributed by atoms with Crippen LogP contribution in [0.5, 0.6) is 0 Å². The lowest BCUT2D eigenvalue weighted by Gasteiger charge is -2.32. The van der Waals surface area contributed by atoms with Crippen LogP contribution in [0.25, 0.3) is 0 Å². The Bertz CT molecular complexity index is 392. The van der Waals surface area contributed by atoms with Gasteiger partial charge in [-0.1, -0.05) is 6.92 Å². The molecule has 1 heterocycles. The Labute approximate surface area is 105 Å². The second-order valence-electron chi connectivity index (χ2n) is 4.60. The second-order valence-corrected chi connectivity index (χ2v) is 4.60. The molecule has 1 fully saturated rings. The highest BCUT2D eigenvalue weighted by molar-refractivity contribution is 5.47. The van der Waals surface area contributed by atoms with Crippen molar-refractivity contribution in [1.29, 1.82) is 0 Å². The van der Waals surface area contributed by atoms with Gasteiger partial charge >= 0.3 is 0 Å². The Kier molecular flexibility index (Phi) is 4.11. The molecule has 0 saturated carbocycles. The van der Waals surface area contributed by atoms with Crippen molar-refractivity contribution in [2.24, 2.45) is 0 Å². The van der Waals surface area contributed by atoms with Crippen LogP contribution >= 0.6 is 0 Å². The fourth-order valence-corrected chi connectivity index (χ4v) is 2.28. The molecule has 5 heteroatoms. The van der Waals surface area contributed by atoms with Crippen LogP contribution < -0.4 is 5.32 Å². The van der Waals surface area contributed by atoms with Crippen LogP contribution in [0.3, 0.4) is 0 Å². The van der Waals surface area contributed by atoms with E-state index in [0.29, 0.717) is 12.1 Å². The summed E-state index contributed by atoms with van der Waals surface area (Å²) in [5.74, 6) is -2.63. The SMILES string of the molecule is CCN1CCC(Nc2c(F)cc(F)cc2F)CC1. The van der Waals surface area contributed by atoms with E-state index in [4.69, 9.17) is 0 Å². The number of hydrogen-bond donors (Lipinski definition) is 1. The summed E-state index contributed by atoms with van der Waals surface area (Å²) in [6.07, 6.45) is 1.67. The number of benzene rings is 1. The third kappa shape index (κ3) is 2.96.